The molecule has 10 heteroatoms. The molecule has 2 N–H and O–H groups in total. The van der Waals surface area contributed by atoms with Crippen molar-refractivity contribution in [1.29, 1.82) is 0 Å². The van der Waals surface area contributed by atoms with Crippen molar-refractivity contribution in [3.8, 4) is 0 Å². The van der Waals surface area contributed by atoms with E-state index >= 15 is 0 Å². The Morgan fingerprint density at radius 2 is 2.10 bits per heavy atom. The summed E-state index contributed by atoms with van der Waals surface area (Å²) in [5.41, 5.74) is 0.520. The van der Waals surface area contributed by atoms with Crippen LogP contribution in [0.2, 0.25) is 5.02 Å². The van der Waals surface area contributed by atoms with Crippen molar-refractivity contribution < 1.29 is 9.63 Å². The summed E-state index contributed by atoms with van der Waals surface area (Å²) in [6, 6.07) is 8.21. The number of hydrogen-bond acceptors (Lipinski definition) is 7. The Labute approximate surface area is 170 Å². The van der Waals surface area contributed by atoms with Gasteiger partial charge in [-0.3, -0.25) is 13.9 Å². The molecule has 4 rings (SSSR count). The van der Waals surface area contributed by atoms with Gasteiger partial charge in [0.1, 0.15) is 6.54 Å². The molecule has 2 atom stereocenters. The van der Waals surface area contributed by atoms with Gasteiger partial charge < -0.3 is 14.9 Å². The summed E-state index contributed by atoms with van der Waals surface area (Å²) in [6.45, 7) is 2.93. The van der Waals surface area contributed by atoms with Crippen molar-refractivity contribution in [3.63, 3.8) is 0 Å². The highest BCUT2D eigenvalue weighted by atomic mass is 35.5. The topological polar surface area (TPSA) is 115 Å². The Kier molecular flexibility index (Phi) is 5.35. The monoisotopic (exact) mass is 417 g/mol. The Morgan fingerprint density at radius 1 is 1.34 bits per heavy atom. The lowest BCUT2D eigenvalue weighted by Crippen LogP contribution is -2.46. The van der Waals surface area contributed by atoms with Gasteiger partial charge in [-0.15, -0.1) is 0 Å². The number of benzene rings is 1. The van der Waals surface area contributed by atoms with Crippen LogP contribution in [0.3, 0.4) is 0 Å². The van der Waals surface area contributed by atoms with E-state index in [0.717, 1.165) is 4.57 Å². The Hall–Kier alpha value is -2.75. The molecule has 1 aromatic carbocycles. The third-order valence-electron chi connectivity index (χ3n) is 4.97. The van der Waals surface area contributed by atoms with E-state index in [9.17, 15) is 14.7 Å². The van der Waals surface area contributed by atoms with Gasteiger partial charge in [-0.1, -0.05) is 28.9 Å². The average molecular weight is 418 g/mol. The van der Waals surface area contributed by atoms with E-state index in [4.69, 9.17) is 16.1 Å². The summed E-state index contributed by atoms with van der Waals surface area (Å²) in [6.07, 6.45) is -0.698. The minimum atomic E-state index is -0.830. The van der Waals surface area contributed by atoms with Crippen LogP contribution in [0.15, 0.2) is 44.4 Å². The van der Waals surface area contributed by atoms with Crippen LogP contribution in [0.1, 0.15) is 42.0 Å². The van der Waals surface area contributed by atoms with E-state index < -0.39 is 17.4 Å². The summed E-state index contributed by atoms with van der Waals surface area (Å²) in [7, 11) is 0. The zero-order valence-electron chi connectivity index (χ0n) is 15.7. The zero-order valence-corrected chi connectivity index (χ0v) is 16.5. The van der Waals surface area contributed by atoms with Crippen LogP contribution < -0.4 is 16.6 Å². The molecule has 0 amide bonds. The van der Waals surface area contributed by atoms with Gasteiger partial charge in [0.05, 0.1) is 6.10 Å². The van der Waals surface area contributed by atoms with Crippen LogP contribution in [-0.4, -0.2) is 30.9 Å². The van der Waals surface area contributed by atoms with Gasteiger partial charge in [-0.25, -0.2) is 4.79 Å². The molecule has 3 aromatic rings. The number of halogens is 1. The van der Waals surface area contributed by atoms with Gasteiger partial charge in [-0.2, -0.15) is 4.98 Å². The summed E-state index contributed by atoms with van der Waals surface area (Å²) in [5.74, 6) is 0.413. The van der Waals surface area contributed by atoms with Crippen molar-refractivity contribution in [2.45, 2.75) is 38.6 Å². The van der Waals surface area contributed by atoms with Crippen LogP contribution in [-0.2, 0) is 19.5 Å². The van der Waals surface area contributed by atoms with Gasteiger partial charge in [-0.05, 0) is 24.6 Å². The summed E-state index contributed by atoms with van der Waals surface area (Å²) < 4.78 is 7.85. The molecule has 0 fully saturated rings. The van der Waals surface area contributed by atoms with E-state index in [1.165, 1.54) is 6.07 Å². The largest absolute Gasteiger partial charge is 0.388 e. The second kappa shape index (κ2) is 7.94. The minimum absolute atomic E-state index is 0.0665. The van der Waals surface area contributed by atoms with Crippen molar-refractivity contribution in [3.05, 3.63) is 79.2 Å². The molecule has 0 bridgehead atoms. The average Bonchev–Trinajstić information content (AvgIpc) is 3.13. The minimum Gasteiger partial charge on any atom is -0.388 e. The highest BCUT2D eigenvalue weighted by Crippen LogP contribution is 2.19. The van der Waals surface area contributed by atoms with Crippen LogP contribution >= 0.6 is 11.6 Å². The predicted octanol–water partition coefficient (Wildman–Crippen LogP) is 1.04. The third kappa shape index (κ3) is 4.02. The number of aliphatic hydroxyl groups excluding tert-OH is 1. The smallest absolute Gasteiger partial charge is 0.331 e. The molecule has 9 nitrogen and oxygen atoms in total. The van der Waals surface area contributed by atoms with E-state index in [2.05, 4.69) is 15.5 Å². The maximum absolute atomic E-state index is 12.7. The summed E-state index contributed by atoms with van der Waals surface area (Å²) in [5, 5.41) is 18.0. The molecule has 2 aromatic heterocycles. The third-order valence-corrected chi connectivity index (χ3v) is 5.23. The fourth-order valence-electron chi connectivity index (χ4n) is 3.41. The van der Waals surface area contributed by atoms with Gasteiger partial charge in [0.25, 0.3) is 5.56 Å². The van der Waals surface area contributed by atoms with Crippen molar-refractivity contribution in [2.24, 2.45) is 0 Å². The maximum Gasteiger partial charge on any atom is 0.331 e. The van der Waals surface area contributed by atoms with Crippen LogP contribution in [0.5, 0.6) is 0 Å². The van der Waals surface area contributed by atoms with Gasteiger partial charge in [0.15, 0.2) is 5.82 Å². The van der Waals surface area contributed by atoms with E-state index in [1.54, 1.807) is 28.8 Å². The van der Waals surface area contributed by atoms with E-state index in [0.29, 0.717) is 29.4 Å². The van der Waals surface area contributed by atoms with Gasteiger partial charge in [0, 0.05) is 42.3 Å². The lowest BCUT2D eigenvalue weighted by atomic mass is 10.1. The number of aromatic nitrogens is 4. The summed E-state index contributed by atoms with van der Waals surface area (Å²) >= 11 is 5.85. The second-order valence-corrected chi connectivity index (χ2v) is 7.42. The molecule has 0 unspecified atom stereocenters. The van der Waals surface area contributed by atoms with Gasteiger partial charge in [0.2, 0.25) is 5.89 Å². The molecule has 152 valence electrons. The Bertz CT molecular complexity index is 1130. The van der Waals surface area contributed by atoms with E-state index in [-0.39, 0.29) is 30.7 Å². The van der Waals surface area contributed by atoms with Crippen LogP contribution in [0.25, 0.3) is 0 Å². The molecule has 1 aliphatic heterocycles. The lowest BCUT2D eigenvalue weighted by Gasteiger charge is -2.25. The van der Waals surface area contributed by atoms with Crippen molar-refractivity contribution >= 4 is 11.6 Å². The predicted molar refractivity (Wildman–Crippen MR) is 105 cm³/mol. The number of rotatable bonds is 5. The Morgan fingerprint density at radius 3 is 2.86 bits per heavy atom. The first-order valence-corrected chi connectivity index (χ1v) is 9.63. The normalized spacial score (nSPS) is 17.1. The lowest BCUT2D eigenvalue weighted by molar-refractivity contribution is 0.174. The molecule has 0 saturated carbocycles. The second-order valence-electron chi connectivity index (χ2n) is 6.98. The molecule has 0 aliphatic carbocycles. The standard InChI is InChI=1S/C19H20ClN5O4/c1-11-14-8-18(27)25(19(28)24(14)7-6-21-11)10-17-22-16(23-29-17)9-15(26)12-2-4-13(20)5-3-12/h2-5,8,11,15,21,26H,6-7,9-10H2,1H3/t11-,15+/m1/s1. The van der Waals surface area contributed by atoms with Crippen molar-refractivity contribution in [1.82, 2.24) is 24.6 Å². The first-order chi connectivity index (χ1) is 13.9. The number of hydrogen-bond donors (Lipinski definition) is 2. The molecule has 1 aliphatic rings. The number of nitrogens with zero attached hydrogens (tertiary/aromatic N) is 4. The molecular weight excluding hydrogens is 398 g/mol. The number of nitrogens with one attached hydrogen (secondary N) is 1. The molecule has 3 heterocycles. The fourth-order valence-corrected chi connectivity index (χ4v) is 3.53. The van der Waals surface area contributed by atoms with Gasteiger partial charge >= 0.3 is 5.69 Å². The molecule has 0 spiro atoms. The fraction of sp³-hybridized carbons (Fsp3) is 0.368. The number of aliphatic hydroxyl groups is 1. The molecular formula is C19H20ClN5O4. The first kappa shape index (κ1) is 19.6. The zero-order chi connectivity index (χ0) is 20.5. The van der Waals surface area contributed by atoms with Crippen LogP contribution in [0.4, 0.5) is 0 Å². The van der Waals surface area contributed by atoms with Crippen molar-refractivity contribution in [2.75, 3.05) is 6.54 Å². The maximum atomic E-state index is 12.7. The number of fused-ring (bicyclic) bond motifs is 1. The highest BCUT2D eigenvalue weighted by Gasteiger charge is 2.21. The van der Waals surface area contributed by atoms with Crippen LogP contribution in [0, 0.1) is 0 Å². The Balaban J connectivity index is 1.53. The molecule has 29 heavy (non-hydrogen) atoms. The molecule has 0 saturated heterocycles. The summed E-state index contributed by atoms with van der Waals surface area (Å²) in [4.78, 5) is 29.4. The quantitative estimate of drug-likeness (QED) is 0.637. The van der Waals surface area contributed by atoms with E-state index in [1.807, 2.05) is 6.92 Å². The SMILES string of the molecule is C[C@H]1NCCn2c1cc(=O)n(Cc1nc(C[C@H](O)c3ccc(Cl)cc3)no1)c2=O. The molecule has 0 radical (unpaired) electrons. The highest BCUT2D eigenvalue weighted by molar-refractivity contribution is 6.30. The first-order valence-electron chi connectivity index (χ1n) is 9.25.